The second kappa shape index (κ2) is 10.6. The first kappa shape index (κ1) is 25.1. The van der Waals surface area contributed by atoms with Crippen LogP contribution in [0.25, 0.3) is 0 Å². The van der Waals surface area contributed by atoms with Crippen molar-refractivity contribution in [3.05, 3.63) is 64.2 Å². The molecule has 33 heavy (non-hydrogen) atoms. The van der Waals surface area contributed by atoms with E-state index >= 15 is 0 Å². The molecule has 1 unspecified atom stereocenters. The Kier molecular flexibility index (Phi) is 8.03. The standard InChI is InChI=1S/C27H40N4O2/c1-19-16-23(7-6-21(19)10-12-28)25-18-30(14-15-31(25)26(32)33-27(3,4)5)24-9-8-22(11-13-29)20(2)17-24/h6-9,16-17,25H,10-15,18,28-29H2,1-5H3. The quantitative estimate of drug-likeness (QED) is 0.689. The van der Waals surface area contributed by atoms with Gasteiger partial charge in [-0.3, -0.25) is 4.90 Å². The number of hydrogen-bond donors (Lipinski definition) is 2. The summed E-state index contributed by atoms with van der Waals surface area (Å²) in [5.41, 5.74) is 18.3. The average Bonchev–Trinajstić information content (AvgIpc) is 2.75. The maximum Gasteiger partial charge on any atom is 0.410 e. The largest absolute Gasteiger partial charge is 0.444 e. The number of aryl methyl sites for hydroxylation is 2. The van der Waals surface area contributed by atoms with Crippen LogP contribution in [0.4, 0.5) is 10.5 Å². The highest BCUT2D eigenvalue weighted by atomic mass is 16.6. The van der Waals surface area contributed by atoms with Crippen molar-refractivity contribution in [1.82, 2.24) is 4.90 Å². The Hall–Kier alpha value is -2.57. The van der Waals surface area contributed by atoms with Crippen LogP contribution in [0.15, 0.2) is 36.4 Å². The van der Waals surface area contributed by atoms with Gasteiger partial charge in [0.05, 0.1) is 6.04 Å². The molecule has 1 atom stereocenters. The molecule has 6 nitrogen and oxygen atoms in total. The van der Waals surface area contributed by atoms with Gasteiger partial charge in [0.25, 0.3) is 0 Å². The van der Waals surface area contributed by atoms with Crippen LogP contribution in [-0.2, 0) is 17.6 Å². The molecule has 2 aromatic carbocycles. The molecular formula is C27H40N4O2. The van der Waals surface area contributed by atoms with Gasteiger partial charge in [0.15, 0.2) is 0 Å². The lowest BCUT2D eigenvalue weighted by Crippen LogP contribution is -2.52. The zero-order chi connectivity index (χ0) is 24.2. The van der Waals surface area contributed by atoms with E-state index in [9.17, 15) is 4.79 Å². The summed E-state index contributed by atoms with van der Waals surface area (Å²) in [6.45, 7) is 13.3. The molecule has 1 heterocycles. The van der Waals surface area contributed by atoms with Crippen molar-refractivity contribution in [3.8, 4) is 0 Å². The summed E-state index contributed by atoms with van der Waals surface area (Å²) in [6.07, 6.45) is 1.48. The first-order valence-corrected chi connectivity index (χ1v) is 12.0. The predicted molar refractivity (Wildman–Crippen MR) is 136 cm³/mol. The highest BCUT2D eigenvalue weighted by molar-refractivity contribution is 5.70. The minimum absolute atomic E-state index is 0.0942. The maximum absolute atomic E-state index is 13.1. The third kappa shape index (κ3) is 6.27. The van der Waals surface area contributed by atoms with Gasteiger partial charge in [0.2, 0.25) is 0 Å². The summed E-state index contributed by atoms with van der Waals surface area (Å²) in [6, 6.07) is 13.0. The Morgan fingerprint density at radius 2 is 1.58 bits per heavy atom. The number of piperazine rings is 1. The molecule has 6 heteroatoms. The Labute approximate surface area is 198 Å². The molecule has 2 aromatic rings. The molecule has 1 fully saturated rings. The van der Waals surface area contributed by atoms with Gasteiger partial charge in [-0.15, -0.1) is 0 Å². The van der Waals surface area contributed by atoms with Gasteiger partial charge in [0.1, 0.15) is 5.60 Å². The molecule has 0 saturated carbocycles. The maximum atomic E-state index is 13.1. The lowest BCUT2D eigenvalue weighted by molar-refractivity contribution is 0.0137. The van der Waals surface area contributed by atoms with E-state index in [1.807, 2.05) is 25.7 Å². The number of ether oxygens (including phenoxy) is 1. The number of benzene rings is 2. The summed E-state index contributed by atoms with van der Waals surface area (Å²) >= 11 is 0. The topological polar surface area (TPSA) is 84.8 Å². The molecule has 4 N–H and O–H groups in total. The summed E-state index contributed by atoms with van der Waals surface area (Å²) in [5.74, 6) is 0. The number of carbonyl (C=O) groups is 1. The fourth-order valence-electron chi connectivity index (χ4n) is 4.52. The fourth-order valence-corrected chi connectivity index (χ4v) is 4.52. The zero-order valence-corrected chi connectivity index (χ0v) is 20.9. The molecule has 3 rings (SSSR count). The summed E-state index contributed by atoms with van der Waals surface area (Å²) in [4.78, 5) is 17.4. The number of carbonyl (C=O) groups excluding carboxylic acids is 1. The Bertz CT molecular complexity index is 967. The Morgan fingerprint density at radius 3 is 2.12 bits per heavy atom. The van der Waals surface area contributed by atoms with Crippen molar-refractivity contribution in [2.45, 2.75) is 59.1 Å². The van der Waals surface area contributed by atoms with Gasteiger partial charge in [-0.05, 0) is 100 Å². The molecule has 0 bridgehead atoms. The van der Waals surface area contributed by atoms with Gasteiger partial charge in [-0.2, -0.15) is 0 Å². The lowest BCUT2D eigenvalue weighted by atomic mass is 9.96. The van der Waals surface area contributed by atoms with E-state index < -0.39 is 5.60 Å². The average molecular weight is 453 g/mol. The van der Waals surface area contributed by atoms with E-state index in [0.29, 0.717) is 26.2 Å². The third-order valence-electron chi connectivity index (χ3n) is 6.28. The van der Waals surface area contributed by atoms with E-state index in [4.69, 9.17) is 16.2 Å². The second-order valence-electron chi connectivity index (χ2n) is 10.0. The van der Waals surface area contributed by atoms with Gasteiger partial charge >= 0.3 is 6.09 Å². The summed E-state index contributed by atoms with van der Waals surface area (Å²) in [5, 5.41) is 0. The molecule has 1 amide bonds. The number of nitrogens with two attached hydrogens (primary N) is 2. The molecule has 1 aliphatic heterocycles. The number of hydrogen-bond acceptors (Lipinski definition) is 5. The van der Waals surface area contributed by atoms with Crippen LogP contribution in [-0.4, -0.2) is 49.3 Å². The molecule has 0 radical (unpaired) electrons. The Morgan fingerprint density at radius 1 is 0.970 bits per heavy atom. The molecule has 0 aromatic heterocycles. The van der Waals surface area contributed by atoms with E-state index in [2.05, 4.69) is 55.1 Å². The third-order valence-corrected chi connectivity index (χ3v) is 6.28. The van der Waals surface area contributed by atoms with E-state index in [1.165, 1.54) is 27.9 Å². The van der Waals surface area contributed by atoms with E-state index in [0.717, 1.165) is 24.9 Å². The Balaban J connectivity index is 1.91. The van der Waals surface area contributed by atoms with Crippen molar-refractivity contribution in [1.29, 1.82) is 0 Å². The SMILES string of the molecule is Cc1cc(C2CN(c3ccc(CCN)c(C)c3)CCN2C(=O)OC(C)(C)C)ccc1CCN. The van der Waals surface area contributed by atoms with Crippen molar-refractivity contribution < 1.29 is 9.53 Å². The van der Waals surface area contributed by atoms with Gasteiger partial charge in [0, 0.05) is 25.3 Å². The lowest BCUT2D eigenvalue weighted by Gasteiger charge is -2.43. The number of nitrogens with zero attached hydrogens (tertiary/aromatic N) is 2. The predicted octanol–water partition coefficient (Wildman–Crippen LogP) is 4.10. The van der Waals surface area contributed by atoms with Crippen LogP contribution in [0.5, 0.6) is 0 Å². The van der Waals surface area contributed by atoms with Crippen LogP contribution in [0.3, 0.4) is 0 Å². The van der Waals surface area contributed by atoms with E-state index in [-0.39, 0.29) is 12.1 Å². The molecule has 1 aliphatic rings. The smallest absolute Gasteiger partial charge is 0.410 e. The van der Waals surface area contributed by atoms with Crippen LogP contribution < -0.4 is 16.4 Å². The highest BCUT2D eigenvalue weighted by Gasteiger charge is 2.34. The van der Waals surface area contributed by atoms with Crippen molar-refractivity contribution in [3.63, 3.8) is 0 Å². The fraction of sp³-hybridized carbons (Fsp3) is 0.519. The zero-order valence-electron chi connectivity index (χ0n) is 20.9. The van der Waals surface area contributed by atoms with Gasteiger partial charge in [-0.25, -0.2) is 4.79 Å². The minimum atomic E-state index is -0.532. The molecular weight excluding hydrogens is 412 g/mol. The number of rotatable bonds is 6. The molecule has 0 spiro atoms. The number of amides is 1. The van der Waals surface area contributed by atoms with Crippen LogP contribution in [0.2, 0.25) is 0 Å². The first-order chi connectivity index (χ1) is 15.6. The second-order valence-corrected chi connectivity index (χ2v) is 10.0. The highest BCUT2D eigenvalue weighted by Crippen LogP contribution is 2.32. The van der Waals surface area contributed by atoms with Gasteiger partial charge < -0.3 is 21.1 Å². The molecule has 0 aliphatic carbocycles. The molecule has 1 saturated heterocycles. The summed E-state index contributed by atoms with van der Waals surface area (Å²) in [7, 11) is 0. The minimum Gasteiger partial charge on any atom is -0.444 e. The van der Waals surface area contributed by atoms with Crippen molar-refractivity contribution in [2.75, 3.05) is 37.6 Å². The van der Waals surface area contributed by atoms with Crippen LogP contribution >= 0.6 is 0 Å². The molecule has 180 valence electrons. The monoisotopic (exact) mass is 452 g/mol. The van der Waals surface area contributed by atoms with Crippen molar-refractivity contribution >= 4 is 11.8 Å². The van der Waals surface area contributed by atoms with E-state index in [1.54, 1.807) is 0 Å². The van der Waals surface area contributed by atoms with Crippen LogP contribution in [0.1, 0.15) is 54.6 Å². The number of anilines is 1. The van der Waals surface area contributed by atoms with Crippen molar-refractivity contribution in [2.24, 2.45) is 11.5 Å². The summed E-state index contributed by atoms with van der Waals surface area (Å²) < 4.78 is 5.76. The van der Waals surface area contributed by atoms with Gasteiger partial charge in [-0.1, -0.05) is 24.3 Å². The first-order valence-electron chi connectivity index (χ1n) is 12.0. The van der Waals surface area contributed by atoms with Crippen LogP contribution in [0, 0.1) is 13.8 Å². The normalized spacial score (nSPS) is 16.8.